The van der Waals surface area contributed by atoms with E-state index in [0.717, 1.165) is 28.1 Å². The van der Waals surface area contributed by atoms with E-state index in [1.807, 2.05) is 45.0 Å². The molecule has 7 heteroatoms. The summed E-state index contributed by atoms with van der Waals surface area (Å²) in [5, 5.41) is 0. The van der Waals surface area contributed by atoms with Crippen LogP contribution in [0.4, 0.5) is 5.69 Å². The molecule has 0 bridgehead atoms. The van der Waals surface area contributed by atoms with E-state index >= 15 is 0 Å². The molecule has 0 aromatic heterocycles. The first kappa shape index (κ1) is 22.3. The quantitative estimate of drug-likeness (QED) is 0.726. The van der Waals surface area contributed by atoms with Crippen LogP contribution in [0.15, 0.2) is 41.3 Å². The summed E-state index contributed by atoms with van der Waals surface area (Å²) < 4.78 is 33.5. The third-order valence-electron chi connectivity index (χ3n) is 5.73. The van der Waals surface area contributed by atoms with E-state index in [1.165, 1.54) is 4.31 Å². The zero-order valence-electron chi connectivity index (χ0n) is 18.3. The largest absolute Gasteiger partial charge is 0.497 e. The predicted octanol–water partition coefficient (Wildman–Crippen LogP) is 3.68. The van der Waals surface area contributed by atoms with E-state index in [0.29, 0.717) is 24.3 Å². The molecule has 0 saturated carbocycles. The van der Waals surface area contributed by atoms with Gasteiger partial charge in [-0.15, -0.1) is 0 Å². The lowest BCUT2D eigenvalue weighted by molar-refractivity contribution is -0.123. The lowest BCUT2D eigenvalue weighted by Gasteiger charge is -2.34. The fourth-order valence-corrected chi connectivity index (χ4v) is 6.21. The van der Waals surface area contributed by atoms with Crippen LogP contribution >= 0.6 is 0 Å². The average Bonchev–Trinajstić information content (AvgIpc) is 2.72. The summed E-state index contributed by atoms with van der Waals surface area (Å²) in [7, 11) is -0.336. The van der Waals surface area contributed by atoms with Crippen LogP contribution in [0.1, 0.15) is 29.5 Å². The third-order valence-corrected chi connectivity index (χ3v) is 7.90. The zero-order valence-corrected chi connectivity index (χ0v) is 19.1. The fourth-order valence-electron chi connectivity index (χ4n) is 4.27. The number of piperidine rings is 1. The maximum atomic E-state index is 13.4. The van der Waals surface area contributed by atoms with Crippen LogP contribution < -0.4 is 9.64 Å². The number of carbonyl (C=O) groups is 1. The monoisotopic (exact) mass is 430 g/mol. The van der Waals surface area contributed by atoms with Crippen molar-refractivity contribution in [3.05, 3.63) is 53.1 Å². The molecule has 6 nitrogen and oxygen atoms in total. The van der Waals surface area contributed by atoms with Crippen LogP contribution in [0.3, 0.4) is 0 Å². The van der Waals surface area contributed by atoms with Crippen molar-refractivity contribution in [1.82, 2.24) is 4.31 Å². The molecule has 2 aromatic rings. The van der Waals surface area contributed by atoms with Gasteiger partial charge in [0.25, 0.3) is 0 Å². The van der Waals surface area contributed by atoms with E-state index < -0.39 is 10.0 Å². The molecule has 0 spiro atoms. The van der Waals surface area contributed by atoms with Gasteiger partial charge in [0.05, 0.1) is 17.9 Å². The smallest absolute Gasteiger partial charge is 0.243 e. The van der Waals surface area contributed by atoms with Gasteiger partial charge in [0.2, 0.25) is 15.9 Å². The van der Waals surface area contributed by atoms with E-state index in [4.69, 9.17) is 4.74 Å². The van der Waals surface area contributed by atoms with Crippen LogP contribution in [-0.4, -0.2) is 45.9 Å². The lowest BCUT2D eigenvalue weighted by atomic mass is 9.98. The molecule has 30 heavy (non-hydrogen) atoms. The second kappa shape index (κ2) is 8.78. The minimum Gasteiger partial charge on any atom is -0.497 e. The van der Waals surface area contributed by atoms with Crippen LogP contribution in [0.25, 0.3) is 0 Å². The van der Waals surface area contributed by atoms with Gasteiger partial charge in [-0.05, 0) is 69.0 Å². The van der Waals surface area contributed by atoms with Crippen LogP contribution in [-0.2, 0) is 14.8 Å². The van der Waals surface area contributed by atoms with Crippen molar-refractivity contribution in [3.63, 3.8) is 0 Å². The number of nitrogens with zero attached hydrogens (tertiary/aromatic N) is 2. The van der Waals surface area contributed by atoms with Gasteiger partial charge in [0.15, 0.2) is 0 Å². The SMILES string of the molecule is COc1ccc(N(C)C(=O)C2CCCN(S(=O)(=O)c3c(C)cc(C)cc3C)C2)cc1. The summed E-state index contributed by atoms with van der Waals surface area (Å²) in [6.07, 6.45) is 1.34. The molecule has 2 aromatic carbocycles. The highest BCUT2D eigenvalue weighted by molar-refractivity contribution is 7.89. The number of ether oxygens (including phenoxy) is 1. The van der Waals surface area contributed by atoms with E-state index in [-0.39, 0.29) is 18.4 Å². The van der Waals surface area contributed by atoms with Gasteiger partial charge in [-0.1, -0.05) is 17.7 Å². The Bertz CT molecular complexity index is 1010. The number of methoxy groups -OCH3 is 1. The Hall–Kier alpha value is -2.38. The van der Waals surface area contributed by atoms with Crippen molar-refractivity contribution in [2.24, 2.45) is 5.92 Å². The van der Waals surface area contributed by atoms with Crippen molar-refractivity contribution < 1.29 is 17.9 Å². The molecular weight excluding hydrogens is 400 g/mol. The van der Waals surface area contributed by atoms with Crippen molar-refractivity contribution in [1.29, 1.82) is 0 Å². The van der Waals surface area contributed by atoms with Crippen molar-refractivity contribution in [2.45, 2.75) is 38.5 Å². The summed E-state index contributed by atoms with van der Waals surface area (Å²) in [6.45, 7) is 6.26. The highest BCUT2D eigenvalue weighted by atomic mass is 32.2. The number of sulfonamides is 1. The zero-order chi connectivity index (χ0) is 22.1. The Kier molecular flexibility index (Phi) is 6.53. The fraction of sp³-hybridized carbons (Fsp3) is 0.435. The molecule has 1 aliphatic rings. The molecule has 1 unspecified atom stereocenters. The van der Waals surface area contributed by atoms with Gasteiger partial charge in [0.1, 0.15) is 5.75 Å². The molecule has 1 amide bonds. The highest BCUT2D eigenvalue weighted by Gasteiger charge is 2.36. The minimum atomic E-state index is -3.66. The Morgan fingerprint density at radius 2 is 1.70 bits per heavy atom. The van der Waals surface area contributed by atoms with Gasteiger partial charge in [-0.2, -0.15) is 4.31 Å². The second-order valence-corrected chi connectivity index (χ2v) is 9.90. The maximum absolute atomic E-state index is 13.4. The van der Waals surface area contributed by atoms with Crippen molar-refractivity contribution >= 4 is 21.6 Å². The van der Waals surface area contributed by atoms with E-state index in [1.54, 1.807) is 31.2 Å². The molecule has 0 radical (unpaired) electrons. The molecule has 0 N–H and O–H groups in total. The standard InChI is InChI=1S/C23H30N2O4S/c1-16-13-17(2)22(18(3)14-16)30(27,28)25-12-6-7-19(15-25)23(26)24(4)20-8-10-21(29-5)11-9-20/h8-11,13-14,19H,6-7,12,15H2,1-5H3. The number of hydrogen-bond acceptors (Lipinski definition) is 4. The summed E-state index contributed by atoms with van der Waals surface area (Å²) in [5.41, 5.74) is 3.29. The van der Waals surface area contributed by atoms with Crippen LogP contribution in [0.2, 0.25) is 0 Å². The van der Waals surface area contributed by atoms with Crippen molar-refractivity contribution in [3.8, 4) is 5.75 Å². The van der Waals surface area contributed by atoms with E-state index in [9.17, 15) is 13.2 Å². The van der Waals surface area contributed by atoms with Crippen LogP contribution in [0, 0.1) is 26.7 Å². The normalized spacial score (nSPS) is 17.6. The predicted molar refractivity (Wildman–Crippen MR) is 119 cm³/mol. The molecular formula is C23H30N2O4S. The molecule has 1 atom stereocenters. The molecule has 1 aliphatic heterocycles. The van der Waals surface area contributed by atoms with Gasteiger partial charge in [-0.25, -0.2) is 8.42 Å². The van der Waals surface area contributed by atoms with E-state index in [2.05, 4.69) is 0 Å². The molecule has 0 aliphatic carbocycles. The number of benzene rings is 2. The lowest BCUT2D eigenvalue weighted by Crippen LogP contribution is -2.46. The molecule has 162 valence electrons. The summed E-state index contributed by atoms with van der Waals surface area (Å²) in [4.78, 5) is 15.1. The number of aryl methyl sites for hydroxylation is 3. The van der Waals surface area contributed by atoms with Gasteiger partial charge < -0.3 is 9.64 Å². The molecule has 3 rings (SSSR count). The van der Waals surface area contributed by atoms with Gasteiger partial charge in [-0.3, -0.25) is 4.79 Å². The molecule has 1 fully saturated rings. The number of amides is 1. The maximum Gasteiger partial charge on any atom is 0.243 e. The first-order chi connectivity index (χ1) is 14.1. The number of rotatable bonds is 5. The summed E-state index contributed by atoms with van der Waals surface area (Å²) >= 11 is 0. The first-order valence-corrected chi connectivity index (χ1v) is 11.6. The third kappa shape index (κ3) is 4.37. The Labute approximate surface area is 179 Å². The van der Waals surface area contributed by atoms with Crippen molar-refractivity contribution in [2.75, 3.05) is 32.1 Å². The van der Waals surface area contributed by atoms with Gasteiger partial charge in [0, 0.05) is 25.8 Å². The minimum absolute atomic E-state index is 0.0718. The Morgan fingerprint density at radius 1 is 1.10 bits per heavy atom. The number of carbonyl (C=O) groups excluding carboxylic acids is 1. The average molecular weight is 431 g/mol. The molecule has 1 heterocycles. The van der Waals surface area contributed by atoms with Crippen LogP contribution in [0.5, 0.6) is 5.75 Å². The number of anilines is 1. The Morgan fingerprint density at radius 3 is 2.27 bits per heavy atom. The number of hydrogen-bond donors (Lipinski definition) is 0. The molecule has 1 saturated heterocycles. The van der Waals surface area contributed by atoms with Gasteiger partial charge >= 0.3 is 0 Å². The summed E-state index contributed by atoms with van der Waals surface area (Å²) in [6, 6.07) is 11.0. The second-order valence-electron chi connectivity index (χ2n) is 8.03. The highest BCUT2D eigenvalue weighted by Crippen LogP contribution is 2.30. The topological polar surface area (TPSA) is 66.9 Å². The first-order valence-electron chi connectivity index (χ1n) is 10.1. The summed E-state index contributed by atoms with van der Waals surface area (Å²) in [5.74, 6) is 0.280. The Balaban J connectivity index is 1.81.